The lowest BCUT2D eigenvalue weighted by molar-refractivity contribution is 0.627. The summed E-state index contributed by atoms with van der Waals surface area (Å²) in [6.45, 7) is 0.133. The monoisotopic (exact) mass is 219 g/mol. The van der Waals surface area contributed by atoms with Crippen molar-refractivity contribution in [3.8, 4) is 5.69 Å². The van der Waals surface area contributed by atoms with Crippen molar-refractivity contribution in [2.45, 2.75) is 6.54 Å². The molecule has 0 bridgehead atoms. The Morgan fingerprint density at radius 3 is 2.62 bits per heavy atom. The highest BCUT2D eigenvalue weighted by Gasteiger charge is 2.01. The van der Waals surface area contributed by atoms with Crippen LogP contribution in [-0.4, -0.2) is 9.55 Å². The Hall–Kier alpha value is -2.01. The lowest BCUT2D eigenvalue weighted by Gasteiger charge is -2.06. The fourth-order valence-electron chi connectivity index (χ4n) is 1.35. The minimum Gasteiger partial charge on any atom is -0.326 e. The highest BCUT2D eigenvalue weighted by Crippen LogP contribution is 2.07. The summed E-state index contributed by atoms with van der Waals surface area (Å²) < 4.78 is 14.3. The highest BCUT2D eigenvalue weighted by molar-refractivity contribution is 5.32. The van der Waals surface area contributed by atoms with E-state index in [-0.39, 0.29) is 17.9 Å². The van der Waals surface area contributed by atoms with Gasteiger partial charge in [-0.2, -0.15) is 4.98 Å². The molecule has 0 atom stereocenters. The zero-order valence-electron chi connectivity index (χ0n) is 8.43. The number of rotatable bonds is 2. The Morgan fingerprint density at radius 2 is 2.00 bits per heavy atom. The van der Waals surface area contributed by atoms with Crippen LogP contribution in [0.25, 0.3) is 5.69 Å². The first-order chi connectivity index (χ1) is 7.70. The van der Waals surface area contributed by atoms with Gasteiger partial charge in [0.15, 0.2) is 0 Å². The third-order valence-corrected chi connectivity index (χ3v) is 2.21. The van der Waals surface area contributed by atoms with Gasteiger partial charge in [-0.15, -0.1) is 0 Å². The van der Waals surface area contributed by atoms with Crippen molar-refractivity contribution in [3.63, 3.8) is 0 Å². The zero-order chi connectivity index (χ0) is 11.5. The molecule has 2 rings (SSSR count). The van der Waals surface area contributed by atoms with Gasteiger partial charge in [0, 0.05) is 24.0 Å². The molecule has 82 valence electrons. The maximum Gasteiger partial charge on any atom is 0.277 e. The lowest BCUT2D eigenvalue weighted by Crippen LogP contribution is -2.18. The van der Waals surface area contributed by atoms with Gasteiger partial charge in [-0.3, -0.25) is 4.79 Å². The number of aromatic nitrogens is 2. The molecule has 16 heavy (non-hydrogen) atoms. The molecule has 1 heterocycles. The Bertz CT molecular complexity index is 548. The van der Waals surface area contributed by atoms with Crippen molar-refractivity contribution in [3.05, 3.63) is 58.5 Å². The maximum atomic E-state index is 12.7. The first-order valence-electron chi connectivity index (χ1n) is 4.74. The molecule has 0 aliphatic rings. The van der Waals surface area contributed by atoms with Crippen LogP contribution in [0.4, 0.5) is 4.39 Å². The van der Waals surface area contributed by atoms with Crippen LogP contribution in [0.3, 0.4) is 0 Å². The van der Waals surface area contributed by atoms with Crippen LogP contribution < -0.4 is 11.3 Å². The van der Waals surface area contributed by atoms with Gasteiger partial charge in [-0.1, -0.05) is 0 Å². The van der Waals surface area contributed by atoms with Crippen LogP contribution in [0.15, 0.2) is 41.6 Å². The average Bonchev–Trinajstić information content (AvgIpc) is 2.31. The summed E-state index contributed by atoms with van der Waals surface area (Å²) >= 11 is 0. The molecule has 0 spiro atoms. The molecule has 0 saturated carbocycles. The van der Waals surface area contributed by atoms with Crippen molar-refractivity contribution in [1.82, 2.24) is 9.55 Å². The van der Waals surface area contributed by atoms with Crippen molar-refractivity contribution in [2.24, 2.45) is 5.73 Å². The van der Waals surface area contributed by atoms with E-state index in [9.17, 15) is 9.18 Å². The summed E-state index contributed by atoms with van der Waals surface area (Å²) in [6.07, 6.45) is 2.98. The second-order valence-corrected chi connectivity index (χ2v) is 3.29. The Kier molecular flexibility index (Phi) is 2.78. The smallest absolute Gasteiger partial charge is 0.277 e. The Labute approximate surface area is 91.2 Å². The zero-order valence-corrected chi connectivity index (χ0v) is 8.43. The Balaban J connectivity index is 2.48. The molecule has 0 radical (unpaired) electrons. The van der Waals surface area contributed by atoms with Crippen LogP contribution in [-0.2, 0) is 6.54 Å². The van der Waals surface area contributed by atoms with Gasteiger partial charge in [0.05, 0.1) is 0 Å². The minimum absolute atomic E-state index is 0.133. The van der Waals surface area contributed by atoms with E-state index in [2.05, 4.69) is 4.98 Å². The van der Waals surface area contributed by atoms with Gasteiger partial charge in [0.25, 0.3) is 5.56 Å². The number of hydrogen-bond acceptors (Lipinski definition) is 3. The second kappa shape index (κ2) is 4.24. The quantitative estimate of drug-likeness (QED) is 0.813. The molecule has 0 aliphatic heterocycles. The molecule has 5 heteroatoms. The summed E-state index contributed by atoms with van der Waals surface area (Å²) in [5.74, 6) is -0.309. The predicted molar refractivity (Wildman–Crippen MR) is 57.7 cm³/mol. The van der Waals surface area contributed by atoms with E-state index in [4.69, 9.17) is 5.73 Å². The van der Waals surface area contributed by atoms with Crippen molar-refractivity contribution < 1.29 is 4.39 Å². The van der Waals surface area contributed by atoms with E-state index in [0.717, 1.165) is 5.69 Å². The molecule has 0 fully saturated rings. The van der Waals surface area contributed by atoms with Crippen LogP contribution in [0.1, 0.15) is 5.56 Å². The van der Waals surface area contributed by atoms with E-state index >= 15 is 0 Å². The highest BCUT2D eigenvalue weighted by atomic mass is 19.1. The van der Waals surface area contributed by atoms with Crippen LogP contribution in [0.5, 0.6) is 0 Å². The van der Waals surface area contributed by atoms with Gasteiger partial charge in [-0.05, 0) is 24.3 Å². The molecule has 0 aliphatic carbocycles. The molecule has 0 saturated heterocycles. The summed E-state index contributed by atoms with van der Waals surface area (Å²) in [7, 11) is 0. The maximum absolute atomic E-state index is 12.7. The SMILES string of the molecule is NCc1cn(-c2ccc(F)cc2)cnc1=O. The summed E-state index contributed by atoms with van der Waals surface area (Å²) in [5.41, 5.74) is 6.22. The van der Waals surface area contributed by atoms with Gasteiger partial charge < -0.3 is 10.3 Å². The molecular formula is C11H10FN3O. The van der Waals surface area contributed by atoms with Crippen LogP contribution in [0, 0.1) is 5.82 Å². The fourth-order valence-corrected chi connectivity index (χ4v) is 1.35. The fraction of sp³-hybridized carbons (Fsp3) is 0.0909. The first-order valence-corrected chi connectivity index (χ1v) is 4.74. The normalized spacial score (nSPS) is 10.4. The Morgan fingerprint density at radius 1 is 1.31 bits per heavy atom. The largest absolute Gasteiger partial charge is 0.326 e. The van der Waals surface area contributed by atoms with Gasteiger partial charge >= 0.3 is 0 Å². The topological polar surface area (TPSA) is 60.9 Å². The van der Waals surface area contributed by atoms with Crippen LogP contribution >= 0.6 is 0 Å². The first kappa shape index (κ1) is 10.5. The average molecular weight is 219 g/mol. The van der Waals surface area contributed by atoms with Gasteiger partial charge in [0.1, 0.15) is 12.1 Å². The van der Waals surface area contributed by atoms with E-state index in [1.165, 1.54) is 18.5 Å². The number of hydrogen-bond donors (Lipinski definition) is 1. The summed E-state index contributed by atoms with van der Waals surface area (Å²) in [5, 5.41) is 0. The molecule has 2 aromatic rings. The van der Waals surface area contributed by atoms with Gasteiger partial charge in [0.2, 0.25) is 0 Å². The molecule has 2 N–H and O–H groups in total. The third-order valence-electron chi connectivity index (χ3n) is 2.21. The van der Waals surface area contributed by atoms with Crippen LogP contribution in [0.2, 0.25) is 0 Å². The third kappa shape index (κ3) is 1.99. The molecular weight excluding hydrogens is 209 g/mol. The molecule has 0 amide bonds. The predicted octanol–water partition coefficient (Wildman–Crippen LogP) is 0.830. The van der Waals surface area contributed by atoms with Crippen molar-refractivity contribution >= 4 is 0 Å². The number of nitrogens with zero attached hydrogens (tertiary/aromatic N) is 2. The standard InChI is InChI=1S/C11H10FN3O/c12-9-1-3-10(4-2-9)15-6-8(5-13)11(16)14-7-15/h1-4,6-7H,5,13H2. The molecule has 1 aromatic heterocycles. The van der Waals surface area contributed by atoms with Gasteiger partial charge in [-0.25, -0.2) is 4.39 Å². The molecule has 1 aromatic carbocycles. The number of nitrogens with two attached hydrogens (primary N) is 1. The number of benzene rings is 1. The molecule has 0 unspecified atom stereocenters. The summed E-state index contributed by atoms with van der Waals surface area (Å²) in [4.78, 5) is 14.9. The lowest BCUT2D eigenvalue weighted by atomic mass is 10.3. The second-order valence-electron chi connectivity index (χ2n) is 3.29. The molecule has 4 nitrogen and oxygen atoms in total. The van der Waals surface area contributed by atoms with Crippen molar-refractivity contribution in [2.75, 3.05) is 0 Å². The number of halogens is 1. The minimum atomic E-state index is -0.333. The van der Waals surface area contributed by atoms with E-state index < -0.39 is 0 Å². The van der Waals surface area contributed by atoms with E-state index in [1.807, 2.05) is 0 Å². The van der Waals surface area contributed by atoms with E-state index in [1.54, 1.807) is 22.9 Å². The van der Waals surface area contributed by atoms with Crippen molar-refractivity contribution in [1.29, 1.82) is 0 Å². The van der Waals surface area contributed by atoms with E-state index in [0.29, 0.717) is 5.56 Å². The summed E-state index contributed by atoms with van der Waals surface area (Å²) in [6, 6.07) is 5.88.